The summed E-state index contributed by atoms with van der Waals surface area (Å²) in [6, 6.07) is 3.81. The Labute approximate surface area is 119 Å². The number of rotatable bonds is 4. The molecule has 1 aromatic rings. The Morgan fingerprint density at radius 3 is 2.81 bits per heavy atom. The summed E-state index contributed by atoms with van der Waals surface area (Å²) in [5, 5.41) is 28.8. The van der Waals surface area contributed by atoms with Crippen LogP contribution < -0.4 is 4.74 Å². The molecule has 21 heavy (non-hydrogen) atoms. The van der Waals surface area contributed by atoms with Gasteiger partial charge in [-0.05, 0) is 18.2 Å². The number of esters is 2. The van der Waals surface area contributed by atoms with Crippen LogP contribution in [0.4, 0.5) is 0 Å². The summed E-state index contributed by atoms with van der Waals surface area (Å²) in [5.41, 5.74) is -1.89. The van der Waals surface area contributed by atoms with E-state index in [0.717, 1.165) is 0 Å². The Hall–Kier alpha value is -2.32. The Morgan fingerprint density at radius 1 is 1.52 bits per heavy atom. The van der Waals surface area contributed by atoms with Crippen molar-refractivity contribution in [2.75, 3.05) is 20.3 Å². The van der Waals surface area contributed by atoms with E-state index in [1.54, 1.807) is 0 Å². The first-order valence-electron chi connectivity index (χ1n) is 5.98. The molecule has 0 spiro atoms. The van der Waals surface area contributed by atoms with E-state index in [-0.39, 0.29) is 17.1 Å². The Balaban J connectivity index is 2.04. The first-order chi connectivity index (χ1) is 9.87. The highest BCUT2D eigenvalue weighted by atomic mass is 16.6. The third kappa shape index (κ3) is 2.91. The third-order valence-corrected chi connectivity index (χ3v) is 3.07. The molecule has 1 saturated heterocycles. The van der Waals surface area contributed by atoms with E-state index in [1.807, 2.05) is 0 Å². The van der Waals surface area contributed by atoms with Crippen LogP contribution in [-0.4, -0.2) is 59.3 Å². The van der Waals surface area contributed by atoms with Gasteiger partial charge in [-0.15, -0.1) is 0 Å². The quantitative estimate of drug-likeness (QED) is 0.618. The number of aliphatic hydroxyl groups excluding tert-OH is 1. The van der Waals surface area contributed by atoms with Crippen molar-refractivity contribution in [2.24, 2.45) is 0 Å². The number of methoxy groups -OCH3 is 1. The predicted molar refractivity (Wildman–Crippen MR) is 66.9 cm³/mol. The lowest BCUT2D eigenvalue weighted by Crippen LogP contribution is -2.47. The molecule has 8 heteroatoms. The van der Waals surface area contributed by atoms with Crippen molar-refractivity contribution in [1.82, 2.24) is 0 Å². The molecule has 2 rings (SSSR count). The molecule has 114 valence electrons. The van der Waals surface area contributed by atoms with E-state index in [9.17, 15) is 24.9 Å². The molecule has 0 aliphatic carbocycles. The first kappa shape index (κ1) is 15.1. The van der Waals surface area contributed by atoms with Crippen LogP contribution in [0.1, 0.15) is 10.4 Å². The number of hydrogen-bond donors (Lipinski definition) is 3. The molecule has 0 bridgehead atoms. The van der Waals surface area contributed by atoms with Gasteiger partial charge < -0.3 is 29.5 Å². The Morgan fingerprint density at radius 2 is 2.24 bits per heavy atom. The summed E-state index contributed by atoms with van der Waals surface area (Å²) in [6.07, 6.45) is -1.76. The molecular formula is C13H14O8. The van der Waals surface area contributed by atoms with Gasteiger partial charge in [0, 0.05) is 0 Å². The Kier molecular flexibility index (Phi) is 4.01. The number of aromatic hydroxyl groups is 1. The summed E-state index contributed by atoms with van der Waals surface area (Å²) in [4.78, 5) is 22.8. The number of aliphatic hydroxyl groups is 2. The van der Waals surface area contributed by atoms with Gasteiger partial charge in [0.05, 0.1) is 12.7 Å². The van der Waals surface area contributed by atoms with Crippen LogP contribution in [0.25, 0.3) is 0 Å². The molecule has 0 saturated carbocycles. The van der Waals surface area contributed by atoms with Crippen LogP contribution in [0, 0.1) is 0 Å². The zero-order valence-electron chi connectivity index (χ0n) is 11.1. The van der Waals surface area contributed by atoms with E-state index >= 15 is 0 Å². The van der Waals surface area contributed by atoms with Crippen LogP contribution >= 0.6 is 0 Å². The van der Waals surface area contributed by atoms with Gasteiger partial charge in [-0.3, -0.25) is 0 Å². The standard InChI is InChI=1S/C13H14O8/c1-19-9-4-7(2-3-8(9)14)11(16)20-5-13(18)6-21-12(17)10(13)15/h2-4,10,14-15,18H,5-6H2,1H3/t10-,13+/m1/s1. The number of carbonyl (C=O) groups excluding carboxylic acids is 2. The second-order valence-electron chi connectivity index (χ2n) is 4.58. The highest BCUT2D eigenvalue weighted by Crippen LogP contribution is 2.27. The van der Waals surface area contributed by atoms with Gasteiger partial charge in [0.1, 0.15) is 13.2 Å². The highest BCUT2D eigenvalue weighted by Gasteiger charge is 2.49. The molecule has 1 aliphatic heterocycles. The molecule has 8 nitrogen and oxygen atoms in total. The first-order valence-corrected chi connectivity index (χ1v) is 5.98. The average molecular weight is 298 g/mol. The second-order valence-corrected chi connectivity index (χ2v) is 4.58. The summed E-state index contributed by atoms with van der Waals surface area (Å²) in [6.45, 7) is -1.07. The fourth-order valence-corrected chi connectivity index (χ4v) is 1.77. The van der Waals surface area contributed by atoms with Gasteiger partial charge in [0.2, 0.25) is 0 Å². The lowest BCUT2D eigenvalue weighted by atomic mass is 10.0. The zero-order chi connectivity index (χ0) is 15.6. The molecule has 1 aliphatic rings. The molecule has 2 atom stereocenters. The molecule has 0 amide bonds. The molecule has 3 N–H and O–H groups in total. The summed E-state index contributed by atoms with van der Waals surface area (Å²) >= 11 is 0. The summed E-state index contributed by atoms with van der Waals surface area (Å²) in [7, 11) is 1.32. The SMILES string of the molecule is COc1cc(C(=O)OC[C@]2(O)COC(=O)[C@H]2O)ccc1O. The van der Waals surface area contributed by atoms with Crippen molar-refractivity contribution in [3.63, 3.8) is 0 Å². The largest absolute Gasteiger partial charge is 0.504 e. The Bertz CT molecular complexity index is 569. The van der Waals surface area contributed by atoms with Gasteiger partial charge in [-0.1, -0.05) is 0 Å². The number of hydrogen-bond acceptors (Lipinski definition) is 8. The van der Waals surface area contributed by atoms with Crippen LogP contribution in [0.5, 0.6) is 11.5 Å². The van der Waals surface area contributed by atoms with Crippen molar-refractivity contribution >= 4 is 11.9 Å². The lowest BCUT2D eigenvalue weighted by Gasteiger charge is -2.21. The normalized spacial score (nSPS) is 24.5. The number of cyclic esters (lactones) is 1. The van der Waals surface area contributed by atoms with Crippen LogP contribution in [0.2, 0.25) is 0 Å². The van der Waals surface area contributed by atoms with Gasteiger partial charge in [0.15, 0.2) is 23.2 Å². The molecule has 0 aromatic heterocycles. The number of benzene rings is 1. The van der Waals surface area contributed by atoms with Crippen molar-refractivity contribution in [3.05, 3.63) is 23.8 Å². The smallest absolute Gasteiger partial charge is 0.338 e. The molecule has 0 radical (unpaired) electrons. The fourth-order valence-electron chi connectivity index (χ4n) is 1.77. The summed E-state index contributed by atoms with van der Waals surface area (Å²) in [5.74, 6) is -1.84. The lowest BCUT2D eigenvalue weighted by molar-refractivity contribution is -0.147. The minimum atomic E-state index is -1.96. The molecule has 0 unspecified atom stereocenters. The second kappa shape index (κ2) is 5.58. The van der Waals surface area contributed by atoms with Crippen LogP contribution in [-0.2, 0) is 14.3 Å². The highest BCUT2D eigenvalue weighted by molar-refractivity contribution is 5.90. The average Bonchev–Trinajstić information content (AvgIpc) is 2.74. The van der Waals surface area contributed by atoms with E-state index in [2.05, 4.69) is 4.74 Å². The van der Waals surface area contributed by atoms with Crippen molar-refractivity contribution in [1.29, 1.82) is 0 Å². The van der Waals surface area contributed by atoms with Gasteiger partial charge in [-0.25, -0.2) is 9.59 Å². The topological polar surface area (TPSA) is 123 Å². The monoisotopic (exact) mass is 298 g/mol. The van der Waals surface area contributed by atoms with E-state index in [0.29, 0.717) is 0 Å². The minimum absolute atomic E-state index is 0.0768. The number of carbonyl (C=O) groups is 2. The third-order valence-electron chi connectivity index (χ3n) is 3.07. The fraction of sp³-hybridized carbons (Fsp3) is 0.385. The maximum Gasteiger partial charge on any atom is 0.338 e. The molecule has 1 heterocycles. The molecular weight excluding hydrogens is 284 g/mol. The maximum atomic E-state index is 11.8. The summed E-state index contributed by atoms with van der Waals surface area (Å²) < 4.78 is 14.2. The van der Waals surface area contributed by atoms with Gasteiger partial charge >= 0.3 is 11.9 Å². The zero-order valence-corrected chi connectivity index (χ0v) is 11.1. The van der Waals surface area contributed by atoms with Crippen molar-refractivity contribution in [2.45, 2.75) is 11.7 Å². The minimum Gasteiger partial charge on any atom is -0.504 e. The van der Waals surface area contributed by atoms with Gasteiger partial charge in [0.25, 0.3) is 0 Å². The van der Waals surface area contributed by atoms with Crippen LogP contribution in [0.15, 0.2) is 18.2 Å². The molecule has 1 aromatic carbocycles. The number of phenols is 1. The van der Waals surface area contributed by atoms with E-state index < -0.39 is 36.9 Å². The van der Waals surface area contributed by atoms with E-state index in [4.69, 9.17) is 9.47 Å². The predicted octanol–water partition coefficient (Wildman–Crippen LogP) is -0.794. The maximum absolute atomic E-state index is 11.8. The van der Waals surface area contributed by atoms with Crippen molar-refractivity contribution < 1.29 is 39.1 Å². The van der Waals surface area contributed by atoms with Crippen molar-refractivity contribution in [3.8, 4) is 11.5 Å². The number of phenolic OH excluding ortho intramolecular Hbond substituents is 1. The number of ether oxygens (including phenoxy) is 3. The van der Waals surface area contributed by atoms with Crippen LogP contribution in [0.3, 0.4) is 0 Å². The van der Waals surface area contributed by atoms with E-state index in [1.165, 1.54) is 25.3 Å². The molecule has 1 fully saturated rings. The van der Waals surface area contributed by atoms with Gasteiger partial charge in [-0.2, -0.15) is 0 Å².